The zero-order chi connectivity index (χ0) is 14.7. The molecule has 4 fully saturated rings. The van der Waals surface area contributed by atoms with Crippen molar-refractivity contribution in [3.8, 4) is 0 Å². The molecule has 0 N–H and O–H groups in total. The standard InChI is InChI=1S/C16H24N2O3/c1-2-17-11-16(21-14(17)20)6-8-18(9-7-16)13(19)12-10-15(12)4-3-5-15/h12H,2-11H2,1H3/t12-/m1/s1. The summed E-state index contributed by atoms with van der Waals surface area (Å²) in [6, 6.07) is 0. The lowest BCUT2D eigenvalue weighted by Gasteiger charge is -2.38. The molecule has 0 radical (unpaired) electrons. The normalized spacial score (nSPS) is 32.2. The highest BCUT2D eigenvalue weighted by Gasteiger charge is 2.62. The largest absolute Gasteiger partial charge is 0.441 e. The van der Waals surface area contributed by atoms with Gasteiger partial charge in [-0.2, -0.15) is 0 Å². The predicted molar refractivity (Wildman–Crippen MR) is 76.7 cm³/mol. The fourth-order valence-corrected chi connectivity index (χ4v) is 4.43. The Labute approximate surface area is 125 Å². The van der Waals surface area contributed by atoms with Gasteiger partial charge < -0.3 is 14.5 Å². The van der Waals surface area contributed by atoms with Gasteiger partial charge in [-0.1, -0.05) is 6.42 Å². The van der Waals surface area contributed by atoms with Crippen molar-refractivity contribution in [1.29, 1.82) is 0 Å². The van der Waals surface area contributed by atoms with Crippen LogP contribution in [-0.4, -0.2) is 53.6 Å². The van der Waals surface area contributed by atoms with Crippen LogP contribution in [0, 0.1) is 11.3 Å². The maximum Gasteiger partial charge on any atom is 0.410 e. The van der Waals surface area contributed by atoms with Gasteiger partial charge >= 0.3 is 6.09 Å². The lowest BCUT2D eigenvalue weighted by atomic mass is 9.79. The SMILES string of the molecule is CCN1CC2(CCN(C(=O)[C@H]3CC34CCC4)CC2)OC1=O. The number of ether oxygens (including phenoxy) is 1. The van der Waals surface area contributed by atoms with Crippen molar-refractivity contribution in [3.63, 3.8) is 0 Å². The van der Waals surface area contributed by atoms with Crippen LogP contribution >= 0.6 is 0 Å². The number of hydrogen-bond donors (Lipinski definition) is 0. The van der Waals surface area contributed by atoms with Crippen molar-refractivity contribution in [2.45, 2.75) is 51.0 Å². The van der Waals surface area contributed by atoms with E-state index < -0.39 is 0 Å². The fourth-order valence-electron chi connectivity index (χ4n) is 4.43. The van der Waals surface area contributed by atoms with Crippen molar-refractivity contribution < 1.29 is 14.3 Å². The van der Waals surface area contributed by atoms with E-state index in [0.29, 0.717) is 30.3 Å². The molecule has 1 atom stereocenters. The number of likely N-dealkylation sites (N-methyl/N-ethyl adjacent to an activating group) is 1. The van der Waals surface area contributed by atoms with Crippen LogP contribution in [0.4, 0.5) is 4.79 Å². The molecule has 0 aromatic heterocycles. The summed E-state index contributed by atoms with van der Waals surface area (Å²) in [5.74, 6) is 0.666. The summed E-state index contributed by atoms with van der Waals surface area (Å²) in [4.78, 5) is 28.1. The lowest BCUT2D eigenvalue weighted by Crippen LogP contribution is -2.49. The third-order valence-corrected chi connectivity index (χ3v) is 6.25. The third kappa shape index (κ3) is 1.96. The van der Waals surface area contributed by atoms with E-state index in [9.17, 15) is 9.59 Å². The smallest absolute Gasteiger partial charge is 0.410 e. The van der Waals surface area contributed by atoms with Crippen molar-refractivity contribution in [2.24, 2.45) is 11.3 Å². The average molecular weight is 292 g/mol. The van der Waals surface area contributed by atoms with Gasteiger partial charge in [-0.15, -0.1) is 0 Å². The Bertz CT molecular complexity index is 478. The number of rotatable bonds is 2. The Balaban J connectivity index is 1.35. The molecule has 5 nitrogen and oxygen atoms in total. The molecule has 2 saturated carbocycles. The molecule has 2 amide bonds. The monoisotopic (exact) mass is 292 g/mol. The van der Waals surface area contributed by atoms with E-state index in [1.54, 1.807) is 4.90 Å². The second-order valence-corrected chi connectivity index (χ2v) is 7.36. The molecule has 21 heavy (non-hydrogen) atoms. The number of carbonyl (C=O) groups excluding carboxylic acids is 2. The summed E-state index contributed by atoms with van der Waals surface area (Å²) < 4.78 is 5.62. The number of hydrogen-bond acceptors (Lipinski definition) is 3. The molecule has 4 rings (SSSR count). The highest BCUT2D eigenvalue weighted by atomic mass is 16.6. The molecule has 5 heteroatoms. The zero-order valence-corrected chi connectivity index (χ0v) is 12.8. The Morgan fingerprint density at radius 2 is 2.00 bits per heavy atom. The molecule has 2 aliphatic carbocycles. The van der Waals surface area contributed by atoms with E-state index in [4.69, 9.17) is 4.74 Å². The molecular formula is C16H24N2O3. The highest BCUT2D eigenvalue weighted by Crippen LogP contribution is 2.66. The first-order valence-electron chi connectivity index (χ1n) is 8.34. The van der Waals surface area contributed by atoms with Gasteiger partial charge in [-0.3, -0.25) is 4.79 Å². The second-order valence-electron chi connectivity index (χ2n) is 7.36. The Morgan fingerprint density at radius 1 is 1.29 bits per heavy atom. The Hall–Kier alpha value is -1.26. The minimum absolute atomic E-state index is 0.187. The van der Waals surface area contributed by atoms with Crippen LogP contribution in [0.3, 0.4) is 0 Å². The maximum absolute atomic E-state index is 12.6. The van der Waals surface area contributed by atoms with E-state index in [2.05, 4.69) is 0 Å². The number of carbonyl (C=O) groups is 2. The topological polar surface area (TPSA) is 49.9 Å². The minimum Gasteiger partial charge on any atom is -0.441 e. The first-order valence-corrected chi connectivity index (χ1v) is 8.34. The summed E-state index contributed by atoms with van der Waals surface area (Å²) >= 11 is 0. The molecule has 0 aromatic rings. The lowest BCUT2D eigenvalue weighted by molar-refractivity contribution is -0.137. The molecule has 2 heterocycles. The zero-order valence-electron chi connectivity index (χ0n) is 12.8. The molecular weight excluding hydrogens is 268 g/mol. The van der Waals surface area contributed by atoms with Gasteiger partial charge in [-0.25, -0.2) is 4.79 Å². The number of amides is 2. The first-order chi connectivity index (χ1) is 10.1. The number of piperidine rings is 1. The Morgan fingerprint density at radius 3 is 2.48 bits per heavy atom. The van der Waals surface area contributed by atoms with Crippen molar-refractivity contribution >= 4 is 12.0 Å². The Kier molecular flexibility index (Phi) is 2.79. The molecule has 4 aliphatic rings. The minimum atomic E-state index is -0.332. The predicted octanol–water partition coefficient (Wildman–Crippen LogP) is 2.01. The van der Waals surface area contributed by atoms with Crippen LogP contribution in [0.5, 0.6) is 0 Å². The second kappa shape index (κ2) is 4.37. The average Bonchev–Trinajstić information content (AvgIpc) is 3.14. The number of nitrogens with zero attached hydrogens (tertiary/aromatic N) is 2. The van der Waals surface area contributed by atoms with Crippen molar-refractivity contribution in [3.05, 3.63) is 0 Å². The van der Waals surface area contributed by atoms with E-state index in [1.807, 2.05) is 11.8 Å². The third-order valence-electron chi connectivity index (χ3n) is 6.25. The van der Waals surface area contributed by atoms with Gasteiger partial charge in [0.2, 0.25) is 5.91 Å². The van der Waals surface area contributed by atoms with Crippen LogP contribution < -0.4 is 0 Å². The van der Waals surface area contributed by atoms with E-state index in [1.165, 1.54) is 19.3 Å². The summed E-state index contributed by atoms with van der Waals surface area (Å²) in [7, 11) is 0. The highest BCUT2D eigenvalue weighted by molar-refractivity contribution is 5.83. The van der Waals surface area contributed by atoms with Gasteiger partial charge in [0.15, 0.2) is 0 Å². The maximum atomic E-state index is 12.6. The first kappa shape index (κ1) is 13.4. The molecule has 2 spiro atoms. The molecule has 116 valence electrons. The van der Waals surface area contributed by atoms with Crippen LogP contribution in [0.1, 0.15) is 45.4 Å². The summed E-state index contributed by atoms with van der Waals surface area (Å²) in [6.45, 7) is 4.86. The van der Waals surface area contributed by atoms with Crippen molar-refractivity contribution in [2.75, 3.05) is 26.2 Å². The van der Waals surface area contributed by atoms with Gasteiger partial charge in [0.25, 0.3) is 0 Å². The molecule has 0 unspecified atom stereocenters. The van der Waals surface area contributed by atoms with Gasteiger partial charge in [0.05, 0.1) is 6.54 Å². The van der Waals surface area contributed by atoms with E-state index in [0.717, 1.165) is 32.4 Å². The van der Waals surface area contributed by atoms with Crippen LogP contribution in [0.25, 0.3) is 0 Å². The van der Waals surface area contributed by atoms with Gasteiger partial charge in [-0.05, 0) is 31.6 Å². The number of likely N-dealkylation sites (tertiary alicyclic amines) is 1. The molecule has 0 aromatic carbocycles. The van der Waals surface area contributed by atoms with Crippen LogP contribution in [0.2, 0.25) is 0 Å². The van der Waals surface area contributed by atoms with E-state index in [-0.39, 0.29) is 11.7 Å². The van der Waals surface area contributed by atoms with Gasteiger partial charge in [0, 0.05) is 38.4 Å². The van der Waals surface area contributed by atoms with E-state index >= 15 is 0 Å². The van der Waals surface area contributed by atoms with Gasteiger partial charge in [0.1, 0.15) is 5.60 Å². The molecule has 2 aliphatic heterocycles. The molecule has 2 saturated heterocycles. The fraction of sp³-hybridized carbons (Fsp3) is 0.875. The summed E-state index contributed by atoms with van der Waals surface area (Å²) in [5.41, 5.74) is 0.0760. The quantitative estimate of drug-likeness (QED) is 0.782. The summed E-state index contributed by atoms with van der Waals surface area (Å²) in [6.07, 6.45) is 6.32. The van der Waals surface area contributed by atoms with Crippen molar-refractivity contribution in [1.82, 2.24) is 9.80 Å². The van der Waals surface area contributed by atoms with Crippen LogP contribution in [-0.2, 0) is 9.53 Å². The molecule has 0 bridgehead atoms. The van der Waals surface area contributed by atoms with Crippen LogP contribution in [0.15, 0.2) is 0 Å². The summed E-state index contributed by atoms with van der Waals surface area (Å²) in [5, 5.41) is 0.